The molecule has 0 aliphatic carbocycles. The first-order valence-corrected chi connectivity index (χ1v) is 4.40. The molecule has 0 aliphatic rings. The SMILES string of the molecule is O=C(OCCl)c1cncc(Br)c1. The molecule has 5 heteroatoms. The molecule has 0 saturated carbocycles. The van der Waals surface area contributed by atoms with Crippen molar-refractivity contribution in [2.75, 3.05) is 6.07 Å². The van der Waals surface area contributed by atoms with E-state index in [0.29, 0.717) is 5.56 Å². The standard InChI is InChI=1S/C7H5BrClNO2/c8-6-1-5(2-10-3-6)7(11)12-4-9/h1-3H,4H2. The van der Waals surface area contributed by atoms with E-state index in [9.17, 15) is 4.79 Å². The third kappa shape index (κ3) is 2.46. The zero-order valence-corrected chi connectivity index (χ0v) is 8.30. The van der Waals surface area contributed by atoms with E-state index in [2.05, 4.69) is 25.7 Å². The maximum absolute atomic E-state index is 11.0. The summed E-state index contributed by atoms with van der Waals surface area (Å²) in [5.41, 5.74) is 0.380. The molecule has 0 amide bonds. The minimum atomic E-state index is -0.473. The van der Waals surface area contributed by atoms with Crippen LogP contribution in [0.4, 0.5) is 0 Å². The second-order valence-corrected chi connectivity index (χ2v) is 3.07. The van der Waals surface area contributed by atoms with Gasteiger partial charge in [0.1, 0.15) is 0 Å². The minimum Gasteiger partial charge on any atom is -0.446 e. The molecule has 0 radical (unpaired) electrons. The van der Waals surface area contributed by atoms with Crippen LogP contribution in [0.5, 0.6) is 0 Å². The molecular weight excluding hydrogens is 245 g/mol. The fourth-order valence-electron chi connectivity index (χ4n) is 0.656. The van der Waals surface area contributed by atoms with Gasteiger partial charge < -0.3 is 4.74 Å². The van der Waals surface area contributed by atoms with Crippen LogP contribution in [0.3, 0.4) is 0 Å². The number of rotatable bonds is 2. The molecule has 0 atom stereocenters. The Morgan fingerprint density at radius 1 is 1.67 bits per heavy atom. The smallest absolute Gasteiger partial charge is 0.340 e. The first-order chi connectivity index (χ1) is 5.74. The number of esters is 1. The van der Waals surface area contributed by atoms with Gasteiger partial charge in [0.15, 0.2) is 6.07 Å². The van der Waals surface area contributed by atoms with Crippen LogP contribution in [0.2, 0.25) is 0 Å². The van der Waals surface area contributed by atoms with Gasteiger partial charge in [0.25, 0.3) is 0 Å². The maximum Gasteiger partial charge on any atom is 0.340 e. The van der Waals surface area contributed by atoms with Crippen LogP contribution in [0.1, 0.15) is 10.4 Å². The highest BCUT2D eigenvalue weighted by Crippen LogP contribution is 2.10. The maximum atomic E-state index is 11.0. The van der Waals surface area contributed by atoms with Gasteiger partial charge in [-0.05, 0) is 22.0 Å². The summed E-state index contributed by atoms with van der Waals surface area (Å²) < 4.78 is 5.28. The molecule has 0 unspecified atom stereocenters. The lowest BCUT2D eigenvalue weighted by Gasteiger charge is -1.99. The van der Waals surface area contributed by atoms with Gasteiger partial charge in [-0.3, -0.25) is 4.98 Å². The number of nitrogens with zero attached hydrogens (tertiary/aromatic N) is 1. The van der Waals surface area contributed by atoms with Crippen LogP contribution < -0.4 is 0 Å². The molecule has 1 heterocycles. The molecular formula is C7H5BrClNO2. The second-order valence-electron chi connectivity index (χ2n) is 1.93. The van der Waals surface area contributed by atoms with Crippen LogP contribution >= 0.6 is 27.5 Å². The second kappa shape index (κ2) is 4.42. The molecule has 12 heavy (non-hydrogen) atoms. The number of carbonyl (C=O) groups is 1. The fourth-order valence-corrected chi connectivity index (χ4v) is 1.12. The zero-order chi connectivity index (χ0) is 8.97. The lowest BCUT2D eigenvalue weighted by Crippen LogP contribution is -2.03. The van der Waals surface area contributed by atoms with Crippen LogP contribution in [-0.2, 0) is 4.74 Å². The summed E-state index contributed by atoms with van der Waals surface area (Å²) in [6, 6.07) is 1.47. The summed E-state index contributed by atoms with van der Waals surface area (Å²) in [7, 11) is 0. The highest BCUT2D eigenvalue weighted by atomic mass is 79.9. The highest BCUT2D eigenvalue weighted by Gasteiger charge is 2.06. The Morgan fingerprint density at radius 3 is 3.00 bits per heavy atom. The number of aromatic nitrogens is 1. The van der Waals surface area contributed by atoms with Gasteiger partial charge in [-0.15, -0.1) is 0 Å². The third-order valence-corrected chi connectivity index (χ3v) is 1.67. The van der Waals surface area contributed by atoms with E-state index in [1.165, 1.54) is 6.20 Å². The van der Waals surface area contributed by atoms with E-state index in [4.69, 9.17) is 11.6 Å². The van der Waals surface area contributed by atoms with Crippen LogP contribution in [0, 0.1) is 0 Å². The Labute approximate surface area is 82.8 Å². The number of ether oxygens (including phenoxy) is 1. The van der Waals surface area contributed by atoms with E-state index in [-0.39, 0.29) is 6.07 Å². The van der Waals surface area contributed by atoms with E-state index in [1.54, 1.807) is 12.3 Å². The molecule has 1 aromatic rings. The Morgan fingerprint density at radius 2 is 2.42 bits per heavy atom. The zero-order valence-electron chi connectivity index (χ0n) is 5.96. The van der Waals surface area contributed by atoms with Gasteiger partial charge in [-0.25, -0.2) is 4.79 Å². The molecule has 0 aliphatic heterocycles. The van der Waals surface area contributed by atoms with Crippen molar-refractivity contribution in [2.45, 2.75) is 0 Å². The molecule has 64 valence electrons. The number of carbonyl (C=O) groups excluding carboxylic acids is 1. The van der Waals surface area contributed by atoms with Gasteiger partial charge in [0, 0.05) is 16.9 Å². The van der Waals surface area contributed by atoms with Gasteiger partial charge in [0.2, 0.25) is 0 Å². The number of hydrogen-bond donors (Lipinski definition) is 0. The van der Waals surface area contributed by atoms with Crippen molar-refractivity contribution >= 4 is 33.5 Å². The predicted octanol–water partition coefficient (Wildman–Crippen LogP) is 2.20. The fraction of sp³-hybridized carbons (Fsp3) is 0.143. The first-order valence-electron chi connectivity index (χ1n) is 3.07. The topological polar surface area (TPSA) is 39.2 Å². The molecule has 0 saturated heterocycles. The third-order valence-electron chi connectivity index (χ3n) is 1.13. The largest absolute Gasteiger partial charge is 0.446 e. The summed E-state index contributed by atoms with van der Waals surface area (Å²) >= 11 is 8.39. The summed E-state index contributed by atoms with van der Waals surface area (Å²) in [5.74, 6) is -0.473. The predicted molar refractivity (Wildman–Crippen MR) is 48.1 cm³/mol. The Bertz CT molecular complexity index is 292. The van der Waals surface area contributed by atoms with Crippen LogP contribution in [0.15, 0.2) is 22.9 Å². The van der Waals surface area contributed by atoms with Crippen molar-refractivity contribution in [1.82, 2.24) is 4.98 Å². The molecule has 0 bridgehead atoms. The van der Waals surface area contributed by atoms with Crippen LogP contribution in [-0.4, -0.2) is 17.0 Å². The first kappa shape index (κ1) is 9.48. The molecule has 0 spiro atoms. The summed E-state index contributed by atoms with van der Waals surface area (Å²) in [6.45, 7) is 0. The minimum absolute atomic E-state index is 0.147. The van der Waals surface area contributed by atoms with E-state index >= 15 is 0 Å². The Hall–Kier alpha value is -0.610. The quantitative estimate of drug-likeness (QED) is 0.597. The number of hydrogen-bond acceptors (Lipinski definition) is 3. The van der Waals surface area contributed by atoms with Gasteiger partial charge >= 0.3 is 5.97 Å². The summed E-state index contributed by atoms with van der Waals surface area (Å²) in [6.07, 6.45) is 3.00. The molecule has 3 nitrogen and oxygen atoms in total. The summed E-state index contributed by atoms with van der Waals surface area (Å²) in [5, 5.41) is 0. The van der Waals surface area contributed by atoms with Crippen molar-refractivity contribution < 1.29 is 9.53 Å². The monoisotopic (exact) mass is 249 g/mol. The average molecular weight is 250 g/mol. The summed E-state index contributed by atoms with van der Waals surface area (Å²) in [4.78, 5) is 14.8. The van der Waals surface area contributed by atoms with Gasteiger partial charge in [-0.1, -0.05) is 11.6 Å². The molecule has 1 rings (SSSR count). The van der Waals surface area contributed by atoms with Crippen LogP contribution in [0.25, 0.3) is 0 Å². The molecule has 1 aromatic heterocycles. The average Bonchev–Trinajstić information content (AvgIpc) is 2.05. The Balaban J connectivity index is 2.81. The van der Waals surface area contributed by atoms with Gasteiger partial charge in [-0.2, -0.15) is 0 Å². The molecule has 0 fully saturated rings. The molecule has 0 N–H and O–H groups in total. The van der Waals surface area contributed by atoms with Crippen molar-refractivity contribution in [1.29, 1.82) is 0 Å². The lowest BCUT2D eigenvalue weighted by atomic mass is 10.3. The van der Waals surface area contributed by atoms with Crippen molar-refractivity contribution in [2.24, 2.45) is 0 Å². The lowest BCUT2D eigenvalue weighted by molar-refractivity contribution is 0.0573. The van der Waals surface area contributed by atoms with E-state index < -0.39 is 5.97 Å². The van der Waals surface area contributed by atoms with Crippen molar-refractivity contribution in [3.63, 3.8) is 0 Å². The molecule has 0 aromatic carbocycles. The van der Waals surface area contributed by atoms with Crippen molar-refractivity contribution in [3.8, 4) is 0 Å². The number of alkyl halides is 1. The normalized spacial score (nSPS) is 9.50. The highest BCUT2D eigenvalue weighted by molar-refractivity contribution is 9.10. The van der Waals surface area contributed by atoms with E-state index in [1.807, 2.05) is 0 Å². The van der Waals surface area contributed by atoms with E-state index in [0.717, 1.165) is 4.47 Å². The number of pyridine rings is 1. The Kier molecular flexibility index (Phi) is 3.49. The van der Waals surface area contributed by atoms with Crippen molar-refractivity contribution in [3.05, 3.63) is 28.5 Å². The van der Waals surface area contributed by atoms with Gasteiger partial charge in [0.05, 0.1) is 5.56 Å². The number of halogens is 2.